The highest BCUT2D eigenvalue weighted by Crippen LogP contribution is 2.36. The molecule has 0 N–H and O–H groups in total. The van der Waals surface area contributed by atoms with Crippen molar-refractivity contribution in [2.75, 3.05) is 0 Å². The zero-order chi connectivity index (χ0) is 10.8. The Morgan fingerprint density at radius 2 is 2.13 bits per heavy atom. The Hall–Kier alpha value is -0.850. The first-order chi connectivity index (χ1) is 7.16. The van der Waals surface area contributed by atoms with Crippen molar-refractivity contribution in [3.8, 4) is 0 Å². The van der Waals surface area contributed by atoms with E-state index in [0.29, 0.717) is 18.1 Å². The molecule has 1 saturated carbocycles. The van der Waals surface area contributed by atoms with Crippen LogP contribution >= 0.6 is 0 Å². The lowest BCUT2D eigenvalue weighted by Crippen LogP contribution is -2.12. The smallest absolute Gasteiger partial charge is 0.137 e. The van der Waals surface area contributed by atoms with Crippen LogP contribution < -0.4 is 0 Å². The first-order valence-corrected chi connectivity index (χ1v) is 6.05. The summed E-state index contributed by atoms with van der Waals surface area (Å²) in [7, 11) is 0. The second-order valence-electron chi connectivity index (χ2n) is 5.11. The van der Waals surface area contributed by atoms with E-state index in [-0.39, 0.29) is 0 Å². The molecule has 1 heteroatoms. The Bertz CT molecular complexity index is 329. The molecule has 0 aromatic rings. The first-order valence-electron chi connectivity index (χ1n) is 6.05. The number of hydrogen-bond acceptors (Lipinski definition) is 1. The van der Waals surface area contributed by atoms with E-state index >= 15 is 0 Å². The third kappa shape index (κ3) is 2.39. The number of carbonyl (C=O) groups excluding carboxylic acids is 1. The lowest BCUT2D eigenvalue weighted by molar-refractivity contribution is -0.119. The van der Waals surface area contributed by atoms with Gasteiger partial charge in [-0.2, -0.15) is 0 Å². The predicted molar refractivity (Wildman–Crippen MR) is 62.7 cm³/mol. The molecule has 0 radical (unpaired) electrons. The van der Waals surface area contributed by atoms with E-state index in [2.05, 4.69) is 19.9 Å². The molecule has 0 saturated heterocycles. The van der Waals surface area contributed by atoms with E-state index in [1.54, 1.807) is 5.57 Å². The normalized spacial score (nSPS) is 26.8. The molecule has 15 heavy (non-hydrogen) atoms. The second kappa shape index (κ2) is 4.34. The predicted octanol–water partition coefficient (Wildman–Crippen LogP) is 3.80. The van der Waals surface area contributed by atoms with Crippen LogP contribution in [0, 0.1) is 5.92 Å². The summed E-state index contributed by atoms with van der Waals surface area (Å²) in [6.45, 7) is 4.23. The van der Waals surface area contributed by atoms with Crippen molar-refractivity contribution >= 4 is 5.78 Å². The summed E-state index contributed by atoms with van der Waals surface area (Å²) < 4.78 is 0. The van der Waals surface area contributed by atoms with Crippen LogP contribution in [0.25, 0.3) is 0 Å². The molecular weight excluding hydrogens is 184 g/mol. The second-order valence-corrected chi connectivity index (χ2v) is 5.11. The molecule has 0 heterocycles. The number of Topliss-reactive ketones (excluding diaryl/α,β-unsaturated/α-hetero) is 1. The van der Waals surface area contributed by atoms with E-state index in [1.807, 2.05) is 0 Å². The molecular formula is C14H20O. The average Bonchev–Trinajstić information content (AvgIpc) is 2.35. The van der Waals surface area contributed by atoms with Crippen molar-refractivity contribution in [2.24, 2.45) is 5.92 Å². The van der Waals surface area contributed by atoms with Crippen molar-refractivity contribution in [1.29, 1.82) is 0 Å². The number of allylic oxidation sites excluding steroid dienone is 4. The van der Waals surface area contributed by atoms with Crippen LogP contribution in [0.1, 0.15) is 52.4 Å². The van der Waals surface area contributed by atoms with Gasteiger partial charge in [0, 0.05) is 12.8 Å². The highest BCUT2D eigenvalue weighted by atomic mass is 16.1. The largest absolute Gasteiger partial charge is 0.299 e. The summed E-state index contributed by atoms with van der Waals surface area (Å²) >= 11 is 0. The van der Waals surface area contributed by atoms with E-state index < -0.39 is 0 Å². The quantitative estimate of drug-likeness (QED) is 0.586. The standard InChI is InChI=1S/C14H20O/c1-10(2)13-7-11-5-3-4-6-12(11)8-14(15)9-13/h7,12H,3-6,8-9H2,1-2H3. The molecule has 1 unspecified atom stereocenters. The van der Waals surface area contributed by atoms with Crippen molar-refractivity contribution in [1.82, 2.24) is 0 Å². The van der Waals surface area contributed by atoms with Gasteiger partial charge in [0.25, 0.3) is 0 Å². The molecule has 0 aromatic carbocycles. The SMILES string of the molecule is CC(C)=C1C=C2CCCCC2CC(=O)C1. The maximum Gasteiger partial charge on any atom is 0.137 e. The van der Waals surface area contributed by atoms with Crippen molar-refractivity contribution in [2.45, 2.75) is 52.4 Å². The van der Waals surface area contributed by atoms with Crippen LogP contribution in [0.15, 0.2) is 22.8 Å². The summed E-state index contributed by atoms with van der Waals surface area (Å²) in [5.74, 6) is 1.01. The highest BCUT2D eigenvalue weighted by molar-refractivity contribution is 5.83. The molecule has 2 aliphatic rings. The van der Waals surface area contributed by atoms with Gasteiger partial charge in [-0.1, -0.05) is 23.6 Å². The summed E-state index contributed by atoms with van der Waals surface area (Å²) in [4.78, 5) is 11.8. The minimum atomic E-state index is 0.435. The van der Waals surface area contributed by atoms with Crippen LogP contribution in [0.5, 0.6) is 0 Å². The van der Waals surface area contributed by atoms with Crippen molar-refractivity contribution in [3.05, 3.63) is 22.8 Å². The first kappa shape index (κ1) is 10.7. The fourth-order valence-electron chi connectivity index (χ4n) is 2.69. The molecule has 1 fully saturated rings. The van der Waals surface area contributed by atoms with Gasteiger partial charge in [-0.25, -0.2) is 0 Å². The molecule has 0 aromatic heterocycles. The number of carbonyl (C=O) groups is 1. The lowest BCUT2D eigenvalue weighted by Gasteiger charge is -2.23. The van der Waals surface area contributed by atoms with E-state index in [0.717, 1.165) is 6.42 Å². The maximum atomic E-state index is 11.8. The maximum absolute atomic E-state index is 11.8. The highest BCUT2D eigenvalue weighted by Gasteiger charge is 2.25. The van der Waals surface area contributed by atoms with Gasteiger partial charge >= 0.3 is 0 Å². The van der Waals surface area contributed by atoms with Crippen molar-refractivity contribution < 1.29 is 4.79 Å². The number of hydrogen-bond donors (Lipinski definition) is 0. The third-order valence-electron chi connectivity index (χ3n) is 3.66. The molecule has 0 spiro atoms. The molecule has 0 bridgehead atoms. The minimum Gasteiger partial charge on any atom is -0.299 e. The Balaban J connectivity index is 2.31. The monoisotopic (exact) mass is 204 g/mol. The van der Waals surface area contributed by atoms with Crippen LogP contribution in [-0.4, -0.2) is 5.78 Å². The van der Waals surface area contributed by atoms with Gasteiger partial charge in [0.2, 0.25) is 0 Å². The number of rotatable bonds is 0. The van der Waals surface area contributed by atoms with Gasteiger partial charge < -0.3 is 0 Å². The Labute approximate surface area is 92.3 Å². The van der Waals surface area contributed by atoms with E-state index in [9.17, 15) is 4.79 Å². The topological polar surface area (TPSA) is 17.1 Å². The van der Waals surface area contributed by atoms with Crippen LogP contribution in [0.4, 0.5) is 0 Å². The minimum absolute atomic E-state index is 0.435. The van der Waals surface area contributed by atoms with Gasteiger partial charge in [-0.05, 0) is 44.6 Å². The van der Waals surface area contributed by atoms with E-state index in [1.165, 1.54) is 36.8 Å². The van der Waals surface area contributed by atoms with Crippen LogP contribution in [0.3, 0.4) is 0 Å². The van der Waals surface area contributed by atoms with Crippen LogP contribution in [-0.2, 0) is 4.79 Å². The molecule has 1 nitrogen and oxygen atoms in total. The Kier molecular flexibility index (Phi) is 3.08. The van der Waals surface area contributed by atoms with Gasteiger partial charge in [-0.3, -0.25) is 4.79 Å². The van der Waals surface area contributed by atoms with Gasteiger partial charge in [0.15, 0.2) is 0 Å². The van der Waals surface area contributed by atoms with Gasteiger partial charge in [0.1, 0.15) is 5.78 Å². The Morgan fingerprint density at radius 1 is 1.33 bits per heavy atom. The fraction of sp³-hybridized carbons (Fsp3) is 0.643. The molecule has 0 aliphatic heterocycles. The van der Waals surface area contributed by atoms with E-state index in [4.69, 9.17) is 0 Å². The lowest BCUT2D eigenvalue weighted by atomic mass is 9.82. The molecule has 82 valence electrons. The van der Waals surface area contributed by atoms with Gasteiger partial charge in [-0.15, -0.1) is 0 Å². The summed E-state index contributed by atoms with van der Waals surface area (Å²) in [5.41, 5.74) is 4.13. The zero-order valence-corrected chi connectivity index (χ0v) is 9.81. The summed E-state index contributed by atoms with van der Waals surface area (Å²) in [5, 5.41) is 0. The fourth-order valence-corrected chi connectivity index (χ4v) is 2.69. The molecule has 2 rings (SSSR count). The Morgan fingerprint density at radius 3 is 2.87 bits per heavy atom. The number of ketones is 1. The summed E-state index contributed by atoms with van der Waals surface area (Å²) in [6, 6.07) is 0. The third-order valence-corrected chi connectivity index (χ3v) is 3.66. The average molecular weight is 204 g/mol. The summed E-state index contributed by atoms with van der Waals surface area (Å²) in [6.07, 6.45) is 8.85. The zero-order valence-electron chi connectivity index (χ0n) is 9.81. The number of fused-ring (bicyclic) bond motifs is 1. The van der Waals surface area contributed by atoms with Crippen LogP contribution in [0.2, 0.25) is 0 Å². The molecule has 1 atom stereocenters. The molecule has 0 amide bonds. The molecule has 2 aliphatic carbocycles. The van der Waals surface area contributed by atoms with Crippen molar-refractivity contribution in [3.63, 3.8) is 0 Å². The van der Waals surface area contributed by atoms with Gasteiger partial charge in [0.05, 0.1) is 0 Å².